The molecule has 0 aliphatic carbocycles. The minimum Gasteiger partial charge on any atom is -0.476 e. The maximum absolute atomic E-state index is 11.2. The van der Waals surface area contributed by atoms with Gasteiger partial charge in [-0.05, 0) is 12.8 Å². The molecule has 0 aliphatic heterocycles. The molecule has 1 rings (SSSR count). The molecule has 0 fully saturated rings. The van der Waals surface area contributed by atoms with E-state index in [4.69, 9.17) is 11.5 Å². The first kappa shape index (κ1) is 15.0. The summed E-state index contributed by atoms with van der Waals surface area (Å²) in [6.07, 6.45) is 9.23. The van der Waals surface area contributed by atoms with Crippen molar-refractivity contribution in [2.45, 2.75) is 39.0 Å². The van der Waals surface area contributed by atoms with Gasteiger partial charge in [-0.15, -0.1) is 12.3 Å². The lowest BCUT2D eigenvalue weighted by Crippen LogP contribution is -2.13. The number of carboxylic acid groups (broad SMARTS) is 1. The molecule has 0 aliphatic rings. The van der Waals surface area contributed by atoms with Crippen LogP contribution in [0.25, 0.3) is 0 Å². The Labute approximate surface area is 113 Å². The maximum atomic E-state index is 11.2. The van der Waals surface area contributed by atoms with E-state index in [1.54, 1.807) is 0 Å². The highest BCUT2D eigenvalue weighted by molar-refractivity contribution is 5.91. The molecule has 2 N–H and O–H groups in total. The molecule has 1 aromatic rings. The van der Waals surface area contributed by atoms with Gasteiger partial charge in [-0.3, -0.25) is 0 Å². The number of aromatic nitrogens is 2. The van der Waals surface area contributed by atoms with Crippen LogP contribution in [0.1, 0.15) is 55.3 Å². The normalized spacial score (nSPS) is 10.2. The van der Waals surface area contributed by atoms with Gasteiger partial charge in [0.15, 0.2) is 5.69 Å². The third kappa shape index (κ3) is 4.59. The van der Waals surface area contributed by atoms with Gasteiger partial charge in [0, 0.05) is 18.9 Å². The first-order valence-electron chi connectivity index (χ1n) is 6.33. The average molecular weight is 261 g/mol. The van der Waals surface area contributed by atoms with Crippen LogP contribution in [0.15, 0.2) is 6.20 Å². The summed E-state index contributed by atoms with van der Waals surface area (Å²) >= 11 is 0. The summed E-state index contributed by atoms with van der Waals surface area (Å²) in [5, 5.41) is 12.2. The number of nitrogens with one attached hydrogen (secondary N) is 1. The van der Waals surface area contributed by atoms with E-state index < -0.39 is 5.97 Å². The molecule has 5 heteroatoms. The molecular weight excluding hydrogens is 242 g/mol. The van der Waals surface area contributed by atoms with Crippen LogP contribution in [0.5, 0.6) is 0 Å². The number of hydrogen-bond acceptors (Lipinski definition) is 4. The van der Waals surface area contributed by atoms with Crippen molar-refractivity contribution >= 4 is 11.7 Å². The van der Waals surface area contributed by atoms with E-state index in [2.05, 4.69) is 21.2 Å². The number of carbonyl (C=O) groups is 1. The number of anilines is 1. The first-order valence-corrected chi connectivity index (χ1v) is 6.33. The minimum atomic E-state index is -1.05. The van der Waals surface area contributed by atoms with Crippen LogP contribution in [0.4, 0.5) is 5.69 Å². The lowest BCUT2D eigenvalue weighted by molar-refractivity contribution is 0.0691. The monoisotopic (exact) mass is 261 g/mol. The van der Waals surface area contributed by atoms with Crippen molar-refractivity contribution in [2.24, 2.45) is 0 Å². The molecule has 0 atom stereocenters. The third-order valence-electron chi connectivity index (χ3n) is 2.59. The van der Waals surface area contributed by atoms with Gasteiger partial charge in [-0.2, -0.15) is 0 Å². The largest absolute Gasteiger partial charge is 0.476 e. The van der Waals surface area contributed by atoms with E-state index in [9.17, 15) is 4.79 Å². The summed E-state index contributed by atoms with van der Waals surface area (Å²) in [7, 11) is 0. The van der Waals surface area contributed by atoms with Gasteiger partial charge in [-0.1, -0.05) is 13.8 Å². The topological polar surface area (TPSA) is 75.1 Å². The van der Waals surface area contributed by atoms with Crippen molar-refractivity contribution in [3.05, 3.63) is 17.7 Å². The number of unbranched alkanes of at least 4 members (excludes halogenated alkanes) is 2. The standard InChI is InChI=1S/C14H19N3O2/c1-4-5-6-7-8-15-11-9-16-13(10(2)3)17-12(11)14(18)19/h1,9-10,15H,5-8H2,2-3H3,(H,18,19). The minimum absolute atomic E-state index is 0.0237. The van der Waals surface area contributed by atoms with Crippen molar-refractivity contribution in [1.29, 1.82) is 0 Å². The molecule has 5 nitrogen and oxygen atoms in total. The molecule has 0 amide bonds. The fourth-order valence-corrected chi connectivity index (χ4v) is 1.54. The zero-order chi connectivity index (χ0) is 14.3. The van der Waals surface area contributed by atoms with Crippen molar-refractivity contribution < 1.29 is 9.90 Å². The number of aromatic carboxylic acids is 1. The van der Waals surface area contributed by atoms with Crippen LogP contribution >= 0.6 is 0 Å². The van der Waals surface area contributed by atoms with Gasteiger partial charge in [-0.25, -0.2) is 14.8 Å². The summed E-state index contributed by atoms with van der Waals surface area (Å²) in [6.45, 7) is 4.51. The second-order valence-corrected chi connectivity index (χ2v) is 4.54. The van der Waals surface area contributed by atoms with Gasteiger partial charge < -0.3 is 10.4 Å². The molecule has 0 unspecified atom stereocenters. The van der Waals surface area contributed by atoms with Gasteiger partial charge in [0.1, 0.15) is 5.82 Å². The van der Waals surface area contributed by atoms with Crippen molar-refractivity contribution in [3.8, 4) is 12.3 Å². The molecule has 0 aromatic carbocycles. The van der Waals surface area contributed by atoms with E-state index in [0.717, 1.165) is 19.3 Å². The van der Waals surface area contributed by atoms with Crippen LogP contribution in [0.3, 0.4) is 0 Å². The summed E-state index contributed by atoms with van der Waals surface area (Å²) < 4.78 is 0. The zero-order valence-electron chi connectivity index (χ0n) is 11.3. The van der Waals surface area contributed by atoms with E-state index in [0.29, 0.717) is 18.1 Å². The fraction of sp³-hybridized carbons (Fsp3) is 0.500. The van der Waals surface area contributed by atoms with Crippen LogP contribution in [-0.2, 0) is 0 Å². The molecule has 19 heavy (non-hydrogen) atoms. The third-order valence-corrected chi connectivity index (χ3v) is 2.59. The first-order chi connectivity index (χ1) is 9.06. The highest BCUT2D eigenvalue weighted by atomic mass is 16.4. The number of rotatable bonds is 7. The number of carboxylic acids is 1. The Morgan fingerprint density at radius 1 is 1.53 bits per heavy atom. The Kier molecular flexibility index (Phi) is 5.80. The van der Waals surface area contributed by atoms with Crippen molar-refractivity contribution in [3.63, 3.8) is 0 Å². The number of hydrogen-bond donors (Lipinski definition) is 2. The van der Waals surface area contributed by atoms with Gasteiger partial charge in [0.05, 0.1) is 11.9 Å². The summed E-state index contributed by atoms with van der Waals surface area (Å²) in [6, 6.07) is 0. The van der Waals surface area contributed by atoms with Gasteiger partial charge in [0.2, 0.25) is 0 Å². The molecule has 1 heterocycles. The van der Waals surface area contributed by atoms with E-state index >= 15 is 0 Å². The number of nitrogens with zero attached hydrogens (tertiary/aromatic N) is 2. The van der Waals surface area contributed by atoms with E-state index in [-0.39, 0.29) is 11.6 Å². The lowest BCUT2D eigenvalue weighted by atomic mass is 10.2. The highest BCUT2D eigenvalue weighted by Gasteiger charge is 2.15. The SMILES string of the molecule is C#CCCCCNc1cnc(C(C)C)nc1C(=O)O. The predicted octanol–water partition coefficient (Wildman–Crippen LogP) is 2.51. The summed E-state index contributed by atoms with van der Waals surface area (Å²) in [5.74, 6) is 2.16. The Balaban J connectivity index is 2.72. The quantitative estimate of drug-likeness (QED) is 0.582. The van der Waals surface area contributed by atoms with Crippen LogP contribution in [0.2, 0.25) is 0 Å². The summed E-state index contributed by atoms with van der Waals surface area (Å²) in [5.41, 5.74) is 0.480. The Bertz CT molecular complexity index is 478. The van der Waals surface area contributed by atoms with Gasteiger partial charge >= 0.3 is 5.97 Å². The Hall–Kier alpha value is -2.09. The van der Waals surface area contributed by atoms with Gasteiger partial charge in [0.25, 0.3) is 0 Å². The van der Waals surface area contributed by atoms with Crippen molar-refractivity contribution in [2.75, 3.05) is 11.9 Å². The molecule has 0 spiro atoms. The lowest BCUT2D eigenvalue weighted by Gasteiger charge is -2.10. The number of terminal acetylenes is 1. The van der Waals surface area contributed by atoms with Crippen LogP contribution < -0.4 is 5.32 Å². The Morgan fingerprint density at radius 3 is 2.84 bits per heavy atom. The zero-order valence-corrected chi connectivity index (χ0v) is 11.3. The smallest absolute Gasteiger partial charge is 0.356 e. The fourth-order valence-electron chi connectivity index (χ4n) is 1.54. The maximum Gasteiger partial charge on any atom is 0.356 e. The molecule has 0 saturated heterocycles. The molecule has 0 saturated carbocycles. The van der Waals surface area contributed by atoms with Crippen LogP contribution in [-0.4, -0.2) is 27.6 Å². The molecular formula is C14H19N3O2. The van der Waals surface area contributed by atoms with Crippen molar-refractivity contribution in [1.82, 2.24) is 9.97 Å². The molecule has 1 aromatic heterocycles. The summed E-state index contributed by atoms with van der Waals surface area (Å²) in [4.78, 5) is 19.4. The van der Waals surface area contributed by atoms with Crippen LogP contribution in [0, 0.1) is 12.3 Å². The second kappa shape index (κ2) is 7.37. The molecule has 102 valence electrons. The van der Waals surface area contributed by atoms with E-state index in [1.165, 1.54) is 6.20 Å². The predicted molar refractivity (Wildman–Crippen MR) is 74.3 cm³/mol. The second-order valence-electron chi connectivity index (χ2n) is 4.54. The molecule has 0 radical (unpaired) electrons. The Morgan fingerprint density at radius 2 is 2.26 bits per heavy atom. The van der Waals surface area contributed by atoms with E-state index in [1.807, 2.05) is 13.8 Å². The molecule has 0 bridgehead atoms. The average Bonchev–Trinajstić information content (AvgIpc) is 2.38. The highest BCUT2D eigenvalue weighted by Crippen LogP contribution is 2.16.